The zero-order valence-electron chi connectivity index (χ0n) is 10.8. The lowest BCUT2D eigenvalue weighted by Crippen LogP contribution is -2.44. The smallest absolute Gasteiger partial charge is 0.131 e. The Hall–Kier alpha value is -0.610. The number of hydrogen-bond acceptors (Lipinski definition) is 3. The molecule has 3 rings (SSSR count). The lowest BCUT2D eigenvalue weighted by atomic mass is 10.0. The minimum absolute atomic E-state index is 0.639. The molecule has 0 bridgehead atoms. The first-order valence-corrected chi connectivity index (χ1v) is 7.67. The molecular weight excluding hydrogens is 290 g/mol. The van der Waals surface area contributed by atoms with E-state index in [9.17, 15) is 0 Å². The molecule has 3 nitrogen and oxygen atoms in total. The van der Waals surface area contributed by atoms with Crippen LogP contribution in [-0.4, -0.2) is 30.2 Å². The van der Waals surface area contributed by atoms with Crippen molar-refractivity contribution in [3.05, 3.63) is 22.3 Å². The molecule has 1 aromatic heterocycles. The predicted molar refractivity (Wildman–Crippen MR) is 78.1 cm³/mol. The highest BCUT2D eigenvalue weighted by Gasteiger charge is 2.34. The summed E-state index contributed by atoms with van der Waals surface area (Å²) in [5, 5.41) is 3.65. The fourth-order valence-electron chi connectivity index (χ4n) is 3.35. The molecule has 0 radical (unpaired) electrons. The molecule has 2 aliphatic rings. The van der Waals surface area contributed by atoms with Crippen molar-refractivity contribution in [1.29, 1.82) is 0 Å². The van der Waals surface area contributed by atoms with Crippen LogP contribution in [0.4, 0.5) is 5.82 Å². The van der Waals surface area contributed by atoms with Gasteiger partial charge < -0.3 is 10.2 Å². The first-order chi connectivity index (χ1) is 8.75. The molecule has 0 aliphatic carbocycles. The normalized spacial score (nSPS) is 28.0. The number of hydrogen-bond donors (Lipinski definition) is 1. The Labute approximate surface area is 117 Å². The van der Waals surface area contributed by atoms with Gasteiger partial charge in [-0.25, -0.2) is 4.98 Å². The molecule has 18 heavy (non-hydrogen) atoms. The van der Waals surface area contributed by atoms with Gasteiger partial charge in [0, 0.05) is 29.3 Å². The Morgan fingerprint density at radius 3 is 3.00 bits per heavy atom. The summed E-state index contributed by atoms with van der Waals surface area (Å²) >= 11 is 3.49. The van der Waals surface area contributed by atoms with Gasteiger partial charge in [-0.15, -0.1) is 0 Å². The maximum Gasteiger partial charge on any atom is 0.131 e. The summed E-state index contributed by atoms with van der Waals surface area (Å²) in [6, 6.07) is 3.47. The highest BCUT2D eigenvalue weighted by Crippen LogP contribution is 2.31. The molecule has 98 valence electrons. The second-order valence-electron chi connectivity index (χ2n) is 5.40. The van der Waals surface area contributed by atoms with E-state index in [1.807, 2.05) is 6.20 Å². The average Bonchev–Trinajstić information content (AvgIpc) is 2.98. The maximum atomic E-state index is 4.63. The largest absolute Gasteiger partial charge is 0.352 e. The summed E-state index contributed by atoms with van der Waals surface area (Å²) in [6.07, 6.45) is 7.15. The van der Waals surface area contributed by atoms with E-state index in [-0.39, 0.29) is 0 Å². The minimum atomic E-state index is 0.639. The molecule has 4 heteroatoms. The van der Waals surface area contributed by atoms with Gasteiger partial charge in [0.15, 0.2) is 0 Å². The Balaban J connectivity index is 1.85. The lowest BCUT2D eigenvalue weighted by Gasteiger charge is -2.31. The van der Waals surface area contributed by atoms with Crippen LogP contribution in [0.1, 0.15) is 31.2 Å². The number of pyridine rings is 1. The molecule has 2 fully saturated rings. The van der Waals surface area contributed by atoms with Crippen LogP contribution < -0.4 is 10.2 Å². The van der Waals surface area contributed by atoms with Crippen LogP contribution in [0.3, 0.4) is 0 Å². The Bertz CT molecular complexity index is 429. The molecule has 2 aliphatic heterocycles. The van der Waals surface area contributed by atoms with E-state index in [4.69, 9.17) is 0 Å². The van der Waals surface area contributed by atoms with Gasteiger partial charge >= 0.3 is 0 Å². The first kappa shape index (κ1) is 12.4. The second-order valence-corrected chi connectivity index (χ2v) is 6.32. The molecule has 2 saturated heterocycles. The fraction of sp³-hybridized carbons (Fsp3) is 0.643. The van der Waals surface area contributed by atoms with Gasteiger partial charge in [0.05, 0.1) is 0 Å². The molecule has 2 atom stereocenters. The number of aryl methyl sites for hydroxylation is 1. The summed E-state index contributed by atoms with van der Waals surface area (Å²) in [6.45, 7) is 4.49. The van der Waals surface area contributed by atoms with Crippen LogP contribution in [-0.2, 0) is 0 Å². The molecule has 1 N–H and O–H groups in total. The van der Waals surface area contributed by atoms with Crippen molar-refractivity contribution >= 4 is 21.7 Å². The summed E-state index contributed by atoms with van der Waals surface area (Å²) in [7, 11) is 0. The zero-order chi connectivity index (χ0) is 12.5. The van der Waals surface area contributed by atoms with Crippen LogP contribution >= 0.6 is 15.9 Å². The van der Waals surface area contributed by atoms with E-state index in [2.05, 4.69) is 44.1 Å². The third-order valence-corrected chi connectivity index (χ3v) is 4.59. The van der Waals surface area contributed by atoms with Gasteiger partial charge in [0.2, 0.25) is 0 Å². The summed E-state index contributed by atoms with van der Waals surface area (Å²) < 4.78 is 1.07. The van der Waals surface area contributed by atoms with Crippen LogP contribution in [0.5, 0.6) is 0 Å². The van der Waals surface area contributed by atoms with Gasteiger partial charge in [0.25, 0.3) is 0 Å². The average molecular weight is 310 g/mol. The Morgan fingerprint density at radius 1 is 1.39 bits per heavy atom. The highest BCUT2D eigenvalue weighted by atomic mass is 79.9. The van der Waals surface area contributed by atoms with Crippen molar-refractivity contribution in [2.45, 2.75) is 44.7 Å². The number of nitrogens with zero attached hydrogens (tertiary/aromatic N) is 2. The topological polar surface area (TPSA) is 28.2 Å². The van der Waals surface area contributed by atoms with Crippen LogP contribution in [0.15, 0.2) is 16.7 Å². The SMILES string of the molecule is Cc1cc(Br)cnc1N1CCCC1C1CCCN1. The van der Waals surface area contributed by atoms with E-state index in [0.29, 0.717) is 12.1 Å². The third-order valence-electron chi connectivity index (χ3n) is 4.15. The van der Waals surface area contributed by atoms with Crippen LogP contribution in [0, 0.1) is 6.92 Å². The van der Waals surface area contributed by atoms with Crippen molar-refractivity contribution in [3.8, 4) is 0 Å². The monoisotopic (exact) mass is 309 g/mol. The molecule has 1 aromatic rings. The zero-order valence-corrected chi connectivity index (χ0v) is 12.4. The third kappa shape index (κ3) is 2.28. The summed E-state index contributed by atoms with van der Waals surface area (Å²) in [5.74, 6) is 1.18. The van der Waals surface area contributed by atoms with Gasteiger partial charge in [0.1, 0.15) is 5.82 Å². The summed E-state index contributed by atoms with van der Waals surface area (Å²) in [4.78, 5) is 7.15. The quantitative estimate of drug-likeness (QED) is 0.910. The molecule has 2 unspecified atom stereocenters. The predicted octanol–water partition coefficient (Wildman–Crippen LogP) is 2.87. The highest BCUT2D eigenvalue weighted by molar-refractivity contribution is 9.10. The van der Waals surface area contributed by atoms with Crippen LogP contribution in [0.25, 0.3) is 0 Å². The standard InChI is InChI=1S/C14H20BrN3/c1-10-8-11(15)9-17-14(10)18-7-3-5-13(18)12-4-2-6-16-12/h8-9,12-13,16H,2-7H2,1H3. The molecule has 0 aromatic carbocycles. The number of aromatic nitrogens is 1. The Morgan fingerprint density at radius 2 is 2.28 bits per heavy atom. The van der Waals surface area contributed by atoms with Gasteiger partial charge in [-0.3, -0.25) is 0 Å². The number of anilines is 1. The number of rotatable bonds is 2. The fourth-order valence-corrected chi connectivity index (χ4v) is 3.79. The van der Waals surface area contributed by atoms with E-state index < -0.39 is 0 Å². The van der Waals surface area contributed by atoms with Gasteiger partial charge in [-0.1, -0.05) is 0 Å². The van der Waals surface area contributed by atoms with E-state index in [0.717, 1.165) is 11.0 Å². The van der Waals surface area contributed by atoms with E-state index in [1.54, 1.807) is 0 Å². The van der Waals surface area contributed by atoms with Crippen molar-refractivity contribution in [1.82, 2.24) is 10.3 Å². The second kappa shape index (κ2) is 5.17. The summed E-state index contributed by atoms with van der Waals surface area (Å²) in [5.41, 5.74) is 1.27. The lowest BCUT2D eigenvalue weighted by molar-refractivity contribution is 0.480. The van der Waals surface area contributed by atoms with E-state index in [1.165, 1.54) is 43.6 Å². The molecule has 0 spiro atoms. The molecule has 3 heterocycles. The Kier molecular flexibility index (Phi) is 3.57. The first-order valence-electron chi connectivity index (χ1n) is 6.88. The molecule has 0 saturated carbocycles. The van der Waals surface area contributed by atoms with Gasteiger partial charge in [-0.05, 0) is 66.7 Å². The van der Waals surface area contributed by atoms with Crippen LogP contribution in [0.2, 0.25) is 0 Å². The van der Waals surface area contributed by atoms with Crippen molar-refractivity contribution in [2.24, 2.45) is 0 Å². The number of halogens is 1. The van der Waals surface area contributed by atoms with Gasteiger partial charge in [-0.2, -0.15) is 0 Å². The van der Waals surface area contributed by atoms with Crippen molar-refractivity contribution in [3.63, 3.8) is 0 Å². The minimum Gasteiger partial charge on any atom is -0.352 e. The van der Waals surface area contributed by atoms with Crippen molar-refractivity contribution in [2.75, 3.05) is 18.0 Å². The molecular formula is C14H20BrN3. The van der Waals surface area contributed by atoms with E-state index >= 15 is 0 Å². The maximum absolute atomic E-state index is 4.63. The number of nitrogens with one attached hydrogen (secondary N) is 1. The van der Waals surface area contributed by atoms with Crippen molar-refractivity contribution < 1.29 is 0 Å². The molecule has 0 amide bonds.